The molecule has 1 fully saturated rings. The Morgan fingerprint density at radius 3 is 2.63 bits per heavy atom. The molecule has 0 aromatic heterocycles. The van der Waals surface area contributed by atoms with Crippen molar-refractivity contribution in [3.63, 3.8) is 0 Å². The summed E-state index contributed by atoms with van der Waals surface area (Å²) < 4.78 is 46.6. The van der Waals surface area contributed by atoms with Gasteiger partial charge >= 0.3 is 6.36 Å². The Labute approximate surface area is 117 Å². The van der Waals surface area contributed by atoms with Crippen LogP contribution in [0.4, 0.5) is 18.9 Å². The standard InChI is InChI=1S/C12H13BrF3NO2/c1-11(6-18-7-11)5-17-9-3-2-8(13)4-10(9)19-12(14,15)16/h2-4,17H,5-7H2,1H3. The van der Waals surface area contributed by atoms with Crippen molar-refractivity contribution in [2.24, 2.45) is 5.41 Å². The van der Waals surface area contributed by atoms with Crippen LogP contribution in [-0.4, -0.2) is 26.1 Å². The van der Waals surface area contributed by atoms with E-state index in [0.29, 0.717) is 29.9 Å². The zero-order valence-electron chi connectivity index (χ0n) is 10.2. The third-order valence-electron chi connectivity index (χ3n) is 2.78. The summed E-state index contributed by atoms with van der Waals surface area (Å²) in [5, 5.41) is 2.98. The van der Waals surface area contributed by atoms with Gasteiger partial charge in [-0.25, -0.2) is 0 Å². The molecule has 1 aromatic carbocycles. The maximum atomic E-state index is 12.3. The van der Waals surface area contributed by atoms with Gasteiger partial charge in [-0.2, -0.15) is 0 Å². The van der Waals surface area contributed by atoms with Crippen LogP contribution in [0.15, 0.2) is 22.7 Å². The topological polar surface area (TPSA) is 30.5 Å². The molecule has 19 heavy (non-hydrogen) atoms. The van der Waals surface area contributed by atoms with E-state index in [1.54, 1.807) is 12.1 Å². The smallest absolute Gasteiger partial charge is 0.404 e. The fourth-order valence-electron chi connectivity index (χ4n) is 1.71. The third-order valence-corrected chi connectivity index (χ3v) is 3.27. The molecular weight excluding hydrogens is 327 g/mol. The Hall–Kier alpha value is -0.950. The lowest BCUT2D eigenvalue weighted by Crippen LogP contribution is -2.45. The van der Waals surface area contributed by atoms with Crippen LogP contribution >= 0.6 is 15.9 Å². The summed E-state index contributed by atoms with van der Waals surface area (Å²) >= 11 is 3.12. The Balaban J connectivity index is 2.10. The second-order valence-corrected chi connectivity index (χ2v) is 5.76. The van der Waals surface area contributed by atoms with Crippen molar-refractivity contribution in [2.75, 3.05) is 25.1 Å². The summed E-state index contributed by atoms with van der Waals surface area (Å²) in [6, 6.07) is 4.49. The SMILES string of the molecule is CC1(CNc2ccc(Br)cc2OC(F)(F)F)COC1. The first-order chi connectivity index (χ1) is 8.77. The fourth-order valence-corrected chi connectivity index (χ4v) is 2.05. The normalized spacial score (nSPS) is 17.7. The van der Waals surface area contributed by atoms with Gasteiger partial charge in [0.05, 0.1) is 18.9 Å². The summed E-state index contributed by atoms with van der Waals surface area (Å²) in [5.74, 6) is -0.245. The van der Waals surface area contributed by atoms with Gasteiger partial charge in [-0.3, -0.25) is 0 Å². The summed E-state index contributed by atoms with van der Waals surface area (Å²) in [6.07, 6.45) is -4.71. The van der Waals surface area contributed by atoms with Crippen LogP contribution in [0.5, 0.6) is 5.75 Å². The van der Waals surface area contributed by atoms with Crippen molar-refractivity contribution in [1.82, 2.24) is 0 Å². The molecule has 0 aliphatic carbocycles. The van der Waals surface area contributed by atoms with Crippen molar-refractivity contribution in [1.29, 1.82) is 0 Å². The molecule has 3 nitrogen and oxygen atoms in total. The number of halogens is 4. The van der Waals surface area contributed by atoms with Crippen LogP contribution in [0.2, 0.25) is 0 Å². The van der Waals surface area contributed by atoms with Crippen LogP contribution in [0.1, 0.15) is 6.92 Å². The first-order valence-electron chi connectivity index (χ1n) is 5.64. The number of alkyl halides is 3. The van der Waals surface area contributed by atoms with E-state index in [0.717, 1.165) is 0 Å². The monoisotopic (exact) mass is 339 g/mol. The Morgan fingerprint density at radius 1 is 1.42 bits per heavy atom. The van der Waals surface area contributed by atoms with Gasteiger partial charge in [-0.1, -0.05) is 22.9 Å². The second kappa shape index (κ2) is 5.20. The van der Waals surface area contributed by atoms with E-state index in [9.17, 15) is 13.2 Å². The summed E-state index contributed by atoms with van der Waals surface area (Å²) in [4.78, 5) is 0. The van der Waals surface area contributed by atoms with Crippen LogP contribution in [-0.2, 0) is 4.74 Å². The molecule has 1 aliphatic heterocycles. The average Bonchev–Trinajstić information content (AvgIpc) is 2.23. The molecule has 0 spiro atoms. The van der Waals surface area contributed by atoms with E-state index in [1.807, 2.05) is 6.92 Å². The van der Waals surface area contributed by atoms with E-state index in [2.05, 4.69) is 26.0 Å². The molecule has 0 bridgehead atoms. The van der Waals surface area contributed by atoms with Crippen molar-refractivity contribution in [3.05, 3.63) is 22.7 Å². The van der Waals surface area contributed by atoms with E-state index < -0.39 is 6.36 Å². The molecule has 0 radical (unpaired) electrons. The van der Waals surface area contributed by atoms with Crippen molar-refractivity contribution < 1.29 is 22.6 Å². The van der Waals surface area contributed by atoms with E-state index >= 15 is 0 Å². The second-order valence-electron chi connectivity index (χ2n) is 4.85. The van der Waals surface area contributed by atoms with Gasteiger partial charge < -0.3 is 14.8 Å². The Bertz CT molecular complexity index is 461. The largest absolute Gasteiger partial charge is 0.573 e. The minimum Gasteiger partial charge on any atom is -0.404 e. The number of ether oxygens (including phenoxy) is 2. The molecule has 0 unspecified atom stereocenters. The molecule has 7 heteroatoms. The van der Waals surface area contributed by atoms with Gasteiger partial charge in [0.15, 0.2) is 5.75 Å². The number of nitrogens with one attached hydrogen (secondary N) is 1. The first kappa shape index (κ1) is 14.5. The summed E-state index contributed by atoms with van der Waals surface area (Å²) in [5.41, 5.74) is 0.274. The molecular formula is C12H13BrF3NO2. The highest BCUT2D eigenvalue weighted by Gasteiger charge is 2.34. The number of hydrogen-bond acceptors (Lipinski definition) is 3. The highest BCUT2D eigenvalue weighted by atomic mass is 79.9. The number of benzene rings is 1. The molecule has 1 N–H and O–H groups in total. The molecule has 1 saturated heterocycles. The highest BCUT2D eigenvalue weighted by Crippen LogP contribution is 2.34. The molecule has 0 amide bonds. The average molecular weight is 340 g/mol. The van der Waals surface area contributed by atoms with Crippen LogP contribution in [0, 0.1) is 5.41 Å². The van der Waals surface area contributed by atoms with E-state index in [-0.39, 0.29) is 11.2 Å². The van der Waals surface area contributed by atoms with Crippen LogP contribution in [0.25, 0.3) is 0 Å². The zero-order chi connectivity index (χ0) is 14.1. The van der Waals surface area contributed by atoms with Gasteiger partial charge in [-0.05, 0) is 18.2 Å². The van der Waals surface area contributed by atoms with Crippen molar-refractivity contribution in [2.45, 2.75) is 13.3 Å². The molecule has 106 valence electrons. The maximum Gasteiger partial charge on any atom is 0.573 e. The minimum atomic E-state index is -4.71. The summed E-state index contributed by atoms with van der Waals surface area (Å²) in [6.45, 7) is 3.74. The van der Waals surface area contributed by atoms with Gasteiger partial charge in [0, 0.05) is 16.4 Å². The van der Waals surface area contributed by atoms with Crippen LogP contribution < -0.4 is 10.1 Å². The lowest BCUT2D eigenvalue weighted by molar-refractivity contribution is -0.274. The predicted octanol–water partition coefficient (Wildman–Crippen LogP) is 3.80. The molecule has 2 rings (SSSR count). The molecule has 1 aliphatic rings. The number of hydrogen-bond donors (Lipinski definition) is 1. The lowest BCUT2D eigenvalue weighted by atomic mass is 9.88. The third kappa shape index (κ3) is 4.01. The molecule has 1 heterocycles. The predicted molar refractivity (Wildman–Crippen MR) is 68.2 cm³/mol. The van der Waals surface area contributed by atoms with Crippen molar-refractivity contribution >= 4 is 21.6 Å². The highest BCUT2D eigenvalue weighted by molar-refractivity contribution is 9.10. The Morgan fingerprint density at radius 2 is 2.11 bits per heavy atom. The zero-order valence-corrected chi connectivity index (χ0v) is 11.8. The lowest BCUT2D eigenvalue weighted by Gasteiger charge is -2.38. The molecule has 0 saturated carbocycles. The molecule has 1 aromatic rings. The van der Waals surface area contributed by atoms with Gasteiger partial charge in [0.25, 0.3) is 0 Å². The van der Waals surface area contributed by atoms with Gasteiger partial charge in [0.2, 0.25) is 0 Å². The van der Waals surface area contributed by atoms with E-state index in [1.165, 1.54) is 6.07 Å². The number of anilines is 1. The van der Waals surface area contributed by atoms with Gasteiger partial charge in [0.1, 0.15) is 0 Å². The molecule has 0 atom stereocenters. The maximum absolute atomic E-state index is 12.3. The van der Waals surface area contributed by atoms with Gasteiger partial charge in [-0.15, -0.1) is 13.2 Å². The van der Waals surface area contributed by atoms with Crippen molar-refractivity contribution in [3.8, 4) is 5.75 Å². The fraction of sp³-hybridized carbons (Fsp3) is 0.500. The number of rotatable bonds is 4. The first-order valence-corrected chi connectivity index (χ1v) is 6.44. The summed E-state index contributed by atoms with van der Waals surface area (Å²) in [7, 11) is 0. The van der Waals surface area contributed by atoms with Crippen LogP contribution in [0.3, 0.4) is 0 Å². The van der Waals surface area contributed by atoms with E-state index in [4.69, 9.17) is 4.74 Å². The Kier molecular flexibility index (Phi) is 3.96. The quantitative estimate of drug-likeness (QED) is 0.905. The minimum absolute atomic E-state index is 0.0391.